The number of methoxy groups -OCH3 is 1. The fourth-order valence-corrected chi connectivity index (χ4v) is 1.89. The number of halogens is 1. The van der Waals surface area contributed by atoms with E-state index in [0.29, 0.717) is 6.10 Å². The lowest BCUT2D eigenvalue weighted by molar-refractivity contribution is -0.123. The Labute approximate surface area is 104 Å². The molecule has 1 rings (SSSR count). The van der Waals surface area contributed by atoms with E-state index < -0.39 is 6.04 Å². The highest BCUT2D eigenvalue weighted by Crippen LogP contribution is 2.21. The van der Waals surface area contributed by atoms with Gasteiger partial charge in [0.15, 0.2) is 0 Å². The molecule has 16 heavy (non-hydrogen) atoms. The van der Waals surface area contributed by atoms with Crippen LogP contribution in [0.5, 0.6) is 0 Å². The second kappa shape index (κ2) is 7.09. The second-order valence-corrected chi connectivity index (χ2v) is 4.65. The van der Waals surface area contributed by atoms with Gasteiger partial charge in [-0.2, -0.15) is 0 Å². The van der Waals surface area contributed by atoms with E-state index in [0.717, 1.165) is 19.3 Å². The molecule has 3 atom stereocenters. The number of carbonyl (C=O) groups excluding carboxylic acids is 1. The maximum Gasteiger partial charge on any atom is 0.237 e. The van der Waals surface area contributed by atoms with Crippen LogP contribution >= 0.6 is 12.4 Å². The van der Waals surface area contributed by atoms with Gasteiger partial charge < -0.3 is 15.8 Å². The van der Waals surface area contributed by atoms with Crippen molar-refractivity contribution in [1.29, 1.82) is 0 Å². The Balaban J connectivity index is 0.00000225. The third-order valence-electron chi connectivity index (χ3n) is 3.09. The Morgan fingerprint density at radius 3 is 2.50 bits per heavy atom. The van der Waals surface area contributed by atoms with Crippen molar-refractivity contribution in [2.75, 3.05) is 7.11 Å². The van der Waals surface area contributed by atoms with Gasteiger partial charge in [0.25, 0.3) is 0 Å². The summed E-state index contributed by atoms with van der Waals surface area (Å²) in [6, 6.07) is -0.154. The van der Waals surface area contributed by atoms with E-state index in [-0.39, 0.29) is 30.3 Å². The third kappa shape index (κ3) is 4.28. The maximum absolute atomic E-state index is 11.7. The van der Waals surface area contributed by atoms with Crippen molar-refractivity contribution in [3.05, 3.63) is 0 Å². The molecule has 0 aromatic carbocycles. The van der Waals surface area contributed by atoms with E-state index in [1.165, 1.54) is 0 Å². The molecule has 0 aliphatic heterocycles. The van der Waals surface area contributed by atoms with E-state index in [1.807, 2.05) is 13.8 Å². The van der Waals surface area contributed by atoms with Gasteiger partial charge in [0.2, 0.25) is 5.91 Å². The van der Waals surface area contributed by atoms with E-state index in [2.05, 4.69) is 5.32 Å². The molecule has 0 aromatic heterocycles. The quantitative estimate of drug-likeness (QED) is 0.785. The Hall–Kier alpha value is -0.320. The molecule has 5 heteroatoms. The fourth-order valence-electron chi connectivity index (χ4n) is 1.89. The minimum atomic E-state index is -0.397. The van der Waals surface area contributed by atoms with Crippen LogP contribution < -0.4 is 11.1 Å². The summed E-state index contributed by atoms with van der Waals surface area (Å²) in [5, 5.41) is 2.98. The third-order valence-corrected chi connectivity index (χ3v) is 3.09. The van der Waals surface area contributed by atoms with Crippen LogP contribution in [0, 0.1) is 5.92 Å². The Morgan fingerprint density at radius 2 is 2.06 bits per heavy atom. The van der Waals surface area contributed by atoms with Crippen molar-refractivity contribution in [1.82, 2.24) is 5.32 Å². The van der Waals surface area contributed by atoms with Crippen molar-refractivity contribution in [3.8, 4) is 0 Å². The molecule has 2 unspecified atom stereocenters. The molecule has 0 heterocycles. The summed E-state index contributed by atoms with van der Waals surface area (Å²) < 4.78 is 5.25. The molecule has 0 aromatic rings. The summed E-state index contributed by atoms with van der Waals surface area (Å²) in [5.41, 5.74) is 5.76. The Kier molecular flexibility index (Phi) is 6.95. The van der Waals surface area contributed by atoms with Crippen molar-refractivity contribution in [2.24, 2.45) is 11.7 Å². The highest BCUT2D eigenvalue weighted by molar-refractivity contribution is 5.85. The summed E-state index contributed by atoms with van der Waals surface area (Å²) in [7, 11) is 1.72. The van der Waals surface area contributed by atoms with Gasteiger partial charge in [-0.15, -0.1) is 12.4 Å². The van der Waals surface area contributed by atoms with Crippen LogP contribution in [0.1, 0.15) is 33.1 Å². The maximum atomic E-state index is 11.7. The van der Waals surface area contributed by atoms with Crippen LogP contribution in [0.2, 0.25) is 0 Å². The minimum Gasteiger partial charge on any atom is -0.381 e. The monoisotopic (exact) mass is 250 g/mol. The van der Waals surface area contributed by atoms with Gasteiger partial charge in [0.1, 0.15) is 0 Å². The van der Waals surface area contributed by atoms with Crippen molar-refractivity contribution in [3.63, 3.8) is 0 Å². The summed E-state index contributed by atoms with van der Waals surface area (Å²) in [6.45, 7) is 3.91. The van der Waals surface area contributed by atoms with Crippen LogP contribution in [-0.2, 0) is 9.53 Å². The summed E-state index contributed by atoms with van der Waals surface area (Å²) in [5.74, 6) is 0.149. The van der Waals surface area contributed by atoms with E-state index in [4.69, 9.17) is 10.5 Å². The number of carbonyl (C=O) groups is 1. The minimum absolute atomic E-state index is 0. The fraction of sp³-hybridized carbons (Fsp3) is 0.909. The highest BCUT2D eigenvalue weighted by atomic mass is 35.5. The molecule has 0 bridgehead atoms. The average Bonchev–Trinajstić information content (AvgIpc) is 2.64. The normalized spacial score (nSPS) is 26.3. The van der Waals surface area contributed by atoms with Crippen LogP contribution in [-0.4, -0.2) is 31.2 Å². The standard InChI is InChI=1S/C11H22N2O2.ClH/c1-7(2)10(12)11(14)13-8-4-5-9(6-8)15-3;/h7-10H,4-6,12H2,1-3H3,(H,13,14);1H/t8?,9?,10-;/m1./s1. The number of hydrogen-bond acceptors (Lipinski definition) is 3. The predicted octanol–water partition coefficient (Wildman–Crippen LogP) is 1.08. The first-order valence-electron chi connectivity index (χ1n) is 5.63. The smallest absolute Gasteiger partial charge is 0.237 e. The summed E-state index contributed by atoms with van der Waals surface area (Å²) >= 11 is 0. The van der Waals surface area contributed by atoms with Gasteiger partial charge in [-0.1, -0.05) is 13.8 Å². The SMILES string of the molecule is COC1CCC(NC(=O)[C@H](N)C(C)C)C1.Cl. The van der Waals surface area contributed by atoms with E-state index >= 15 is 0 Å². The number of nitrogens with two attached hydrogens (primary N) is 1. The van der Waals surface area contributed by atoms with E-state index in [9.17, 15) is 4.79 Å². The zero-order chi connectivity index (χ0) is 11.4. The predicted molar refractivity (Wildman–Crippen MR) is 66.6 cm³/mol. The number of hydrogen-bond donors (Lipinski definition) is 2. The molecule has 0 spiro atoms. The molecular weight excluding hydrogens is 228 g/mol. The zero-order valence-corrected chi connectivity index (χ0v) is 11.0. The highest BCUT2D eigenvalue weighted by Gasteiger charge is 2.27. The average molecular weight is 251 g/mol. The topological polar surface area (TPSA) is 64.3 Å². The van der Waals surface area contributed by atoms with Gasteiger partial charge in [0.05, 0.1) is 12.1 Å². The largest absolute Gasteiger partial charge is 0.381 e. The molecule has 1 amide bonds. The van der Waals surface area contributed by atoms with Crippen LogP contribution in [0.4, 0.5) is 0 Å². The van der Waals surface area contributed by atoms with Crippen molar-refractivity contribution < 1.29 is 9.53 Å². The molecule has 0 saturated heterocycles. The summed E-state index contributed by atoms with van der Waals surface area (Å²) in [4.78, 5) is 11.7. The number of rotatable bonds is 4. The number of nitrogens with one attached hydrogen (secondary N) is 1. The molecule has 1 aliphatic rings. The number of amides is 1. The first kappa shape index (κ1) is 15.7. The van der Waals surface area contributed by atoms with Gasteiger partial charge in [-0.05, 0) is 25.2 Å². The Bertz CT molecular complexity index is 224. The molecule has 4 nitrogen and oxygen atoms in total. The van der Waals surface area contributed by atoms with Crippen LogP contribution in [0.3, 0.4) is 0 Å². The molecule has 96 valence electrons. The van der Waals surface area contributed by atoms with Gasteiger partial charge in [-0.3, -0.25) is 4.79 Å². The molecular formula is C11H23ClN2O2. The lowest BCUT2D eigenvalue weighted by atomic mass is 10.0. The van der Waals surface area contributed by atoms with Crippen molar-refractivity contribution in [2.45, 2.75) is 51.3 Å². The van der Waals surface area contributed by atoms with Crippen LogP contribution in [0.15, 0.2) is 0 Å². The Morgan fingerprint density at radius 1 is 1.44 bits per heavy atom. The molecule has 1 fully saturated rings. The zero-order valence-electron chi connectivity index (χ0n) is 10.2. The molecule has 0 radical (unpaired) electrons. The van der Waals surface area contributed by atoms with Crippen LogP contribution in [0.25, 0.3) is 0 Å². The summed E-state index contributed by atoms with van der Waals surface area (Å²) in [6.07, 6.45) is 3.23. The van der Waals surface area contributed by atoms with Gasteiger partial charge in [0, 0.05) is 13.2 Å². The van der Waals surface area contributed by atoms with Crippen molar-refractivity contribution >= 4 is 18.3 Å². The first-order valence-corrected chi connectivity index (χ1v) is 5.63. The second-order valence-electron chi connectivity index (χ2n) is 4.65. The molecule has 3 N–H and O–H groups in total. The lowest BCUT2D eigenvalue weighted by Crippen LogP contribution is -2.47. The van der Waals surface area contributed by atoms with Gasteiger partial charge in [-0.25, -0.2) is 0 Å². The number of ether oxygens (including phenoxy) is 1. The first-order chi connectivity index (χ1) is 7.04. The lowest BCUT2D eigenvalue weighted by Gasteiger charge is -2.19. The molecule has 1 aliphatic carbocycles. The van der Waals surface area contributed by atoms with Gasteiger partial charge >= 0.3 is 0 Å². The van der Waals surface area contributed by atoms with E-state index in [1.54, 1.807) is 7.11 Å². The molecule has 1 saturated carbocycles.